The van der Waals surface area contributed by atoms with Gasteiger partial charge in [-0.2, -0.15) is 0 Å². The smallest absolute Gasteiger partial charge is 0.264 e. The predicted molar refractivity (Wildman–Crippen MR) is 117 cm³/mol. The zero-order chi connectivity index (χ0) is 20.9. The second-order valence-electron chi connectivity index (χ2n) is 6.45. The summed E-state index contributed by atoms with van der Waals surface area (Å²) >= 11 is 0. The molecule has 1 heterocycles. The van der Waals surface area contributed by atoms with E-state index in [1.54, 1.807) is 18.2 Å². The van der Waals surface area contributed by atoms with Crippen LogP contribution in [-0.2, 0) is 9.63 Å². The fourth-order valence-corrected chi connectivity index (χ4v) is 2.86. The minimum absolute atomic E-state index is 0.141. The van der Waals surface area contributed by atoms with Gasteiger partial charge in [-0.3, -0.25) is 4.79 Å². The molecule has 2 N–H and O–H groups in total. The predicted octanol–water partition coefficient (Wildman–Crippen LogP) is 2.10. The molecule has 1 aliphatic heterocycles. The first-order chi connectivity index (χ1) is 13.4. The van der Waals surface area contributed by atoms with E-state index in [-0.39, 0.29) is 5.91 Å². The highest BCUT2D eigenvalue weighted by atomic mass is 16.6. The normalized spacial score (nSPS) is 15.7. The van der Waals surface area contributed by atoms with Gasteiger partial charge in [0.2, 0.25) is 6.10 Å². The number of nitrogens with one attached hydrogen (secondary N) is 1. The van der Waals surface area contributed by atoms with Crippen LogP contribution in [0.5, 0.6) is 0 Å². The number of aliphatic hydroxyl groups is 1. The third-order valence-corrected chi connectivity index (χ3v) is 4.17. The Kier molecular flexibility index (Phi) is 10.8. The summed E-state index contributed by atoms with van der Waals surface area (Å²) in [5.41, 5.74) is 4.06. The molecule has 2 rings (SSSR count). The largest absolute Gasteiger partial charge is 0.516 e. The summed E-state index contributed by atoms with van der Waals surface area (Å²) in [7, 11) is 11.6. The van der Waals surface area contributed by atoms with Gasteiger partial charge in [0.1, 0.15) is 15.7 Å². The van der Waals surface area contributed by atoms with Crippen LogP contribution in [0.25, 0.3) is 0 Å². The van der Waals surface area contributed by atoms with Gasteiger partial charge in [0.25, 0.3) is 5.91 Å². The summed E-state index contributed by atoms with van der Waals surface area (Å²) in [6.45, 7) is 7.86. The molecule has 1 aromatic rings. The van der Waals surface area contributed by atoms with Gasteiger partial charge in [-0.05, 0) is 24.8 Å². The lowest BCUT2D eigenvalue weighted by Crippen LogP contribution is -2.35. The van der Waals surface area contributed by atoms with Gasteiger partial charge >= 0.3 is 0 Å². The zero-order valence-corrected chi connectivity index (χ0v) is 16.8. The molecule has 146 valence electrons. The first-order valence-corrected chi connectivity index (χ1v) is 9.54. The van der Waals surface area contributed by atoms with E-state index in [0.29, 0.717) is 29.6 Å². The molecule has 0 saturated heterocycles. The van der Waals surface area contributed by atoms with Gasteiger partial charge < -0.3 is 15.3 Å². The van der Waals surface area contributed by atoms with Gasteiger partial charge in [-0.1, -0.05) is 72.8 Å². The molecule has 7 heteroatoms. The van der Waals surface area contributed by atoms with E-state index in [4.69, 9.17) is 25.6 Å². The molecule has 1 aromatic carbocycles. The van der Waals surface area contributed by atoms with E-state index >= 15 is 0 Å². The van der Waals surface area contributed by atoms with Crippen LogP contribution in [0, 0.1) is 0 Å². The highest BCUT2D eigenvalue weighted by Crippen LogP contribution is 2.16. The van der Waals surface area contributed by atoms with Gasteiger partial charge in [-0.25, -0.2) is 0 Å². The number of hydrogen-bond donors (Lipinski definition) is 2. The van der Waals surface area contributed by atoms with Crippen LogP contribution in [-0.4, -0.2) is 45.1 Å². The van der Waals surface area contributed by atoms with Crippen molar-refractivity contribution in [1.29, 1.82) is 0 Å². The van der Waals surface area contributed by atoms with Gasteiger partial charge in [0.15, 0.2) is 0 Å². The monoisotopic (exact) mass is 378 g/mol. The van der Waals surface area contributed by atoms with Crippen molar-refractivity contribution >= 4 is 38.2 Å². The van der Waals surface area contributed by atoms with Crippen molar-refractivity contribution in [1.82, 2.24) is 5.32 Å². The molecule has 0 fully saturated rings. The standard InChI is InChI=1S/C19H24B2N2O2.C2H4O/c1-3-6-13(4-2)7-5-8-22-19(24)18-12-17(23-25-18)14-9-15(20)11-16(21)10-14;1-2-3/h7,9-11,18H,3-6,8,12H2,1-2H3,(H,22,24);2-3H,1H2/b13-7+;. The summed E-state index contributed by atoms with van der Waals surface area (Å²) in [5, 5.41) is 14.3. The number of allylic oxidation sites excluding steroid dienone is 1. The quantitative estimate of drug-likeness (QED) is 0.315. The maximum Gasteiger partial charge on any atom is 0.264 e. The Morgan fingerprint density at radius 2 is 2.00 bits per heavy atom. The molecule has 1 aliphatic rings. The number of carbonyl (C=O) groups excluding carboxylic acids is 1. The topological polar surface area (TPSA) is 70.9 Å². The van der Waals surface area contributed by atoms with Crippen molar-refractivity contribution in [2.75, 3.05) is 6.54 Å². The van der Waals surface area contributed by atoms with Crippen molar-refractivity contribution in [2.45, 2.75) is 52.1 Å². The van der Waals surface area contributed by atoms with Crippen LogP contribution in [0.4, 0.5) is 0 Å². The van der Waals surface area contributed by atoms with Crippen molar-refractivity contribution < 1.29 is 14.7 Å². The molecule has 4 radical (unpaired) electrons. The minimum Gasteiger partial charge on any atom is -0.516 e. The lowest BCUT2D eigenvalue weighted by Gasteiger charge is -2.09. The molecule has 28 heavy (non-hydrogen) atoms. The van der Waals surface area contributed by atoms with Gasteiger partial charge in [-0.15, -0.1) is 0 Å². The Morgan fingerprint density at radius 1 is 1.36 bits per heavy atom. The molecule has 5 nitrogen and oxygen atoms in total. The minimum atomic E-state index is -0.595. The van der Waals surface area contributed by atoms with Crippen LogP contribution in [0.2, 0.25) is 0 Å². The first kappa shape index (κ1) is 23.6. The molecular formula is C21H28B2N2O3. The van der Waals surface area contributed by atoms with E-state index in [9.17, 15) is 4.79 Å². The van der Waals surface area contributed by atoms with Gasteiger partial charge in [0, 0.05) is 13.0 Å². The molecule has 0 aromatic heterocycles. The van der Waals surface area contributed by atoms with E-state index in [1.165, 1.54) is 5.57 Å². The number of aliphatic hydroxyl groups excluding tert-OH is 1. The molecule has 1 atom stereocenters. The zero-order valence-electron chi connectivity index (χ0n) is 16.8. The third-order valence-electron chi connectivity index (χ3n) is 4.17. The lowest BCUT2D eigenvalue weighted by atomic mass is 9.84. The van der Waals surface area contributed by atoms with Crippen LogP contribution in [0.15, 0.2) is 47.8 Å². The van der Waals surface area contributed by atoms with Crippen LogP contribution in [0.1, 0.15) is 51.5 Å². The number of hydrogen-bond acceptors (Lipinski definition) is 4. The highest BCUT2D eigenvalue weighted by Gasteiger charge is 2.28. The highest BCUT2D eigenvalue weighted by molar-refractivity contribution is 6.38. The molecule has 1 unspecified atom stereocenters. The van der Waals surface area contributed by atoms with Crippen LogP contribution < -0.4 is 16.2 Å². The third kappa shape index (κ3) is 8.07. The van der Waals surface area contributed by atoms with Crippen molar-refractivity contribution in [3.8, 4) is 0 Å². The van der Waals surface area contributed by atoms with Crippen molar-refractivity contribution in [3.05, 3.63) is 48.3 Å². The lowest BCUT2D eigenvalue weighted by molar-refractivity contribution is -0.131. The number of benzene rings is 1. The molecule has 0 saturated carbocycles. The average Bonchev–Trinajstić information content (AvgIpc) is 3.14. The Balaban J connectivity index is 0.00000122. The first-order valence-electron chi connectivity index (χ1n) is 9.54. The fraction of sp³-hybridized carbons (Fsp3) is 0.429. The number of nitrogens with zero attached hydrogens (tertiary/aromatic N) is 1. The number of rotatable bonds is 8. The Labute approximate surface area is 170 Å². The molecule has 1 amide bonds. The van der Waals surface area contributed by atoms with E-state index in [1.807, 2.05) is 0 Å². The van der Waals surface area contributed by atoms with E-state index in [0.717, 1.165) is 37.5 Å². The van der Waals surface area contributed by atoms with Gasteiger partial charge in [0.05, 0.1) is 12.0 Å². The number of amides is 1. The van der Waals surface area contributed by atoms with E-state index < -0.39 is 6.10 Å². The molecule has 0 spiro atoms. The van der Waals surface area contributed by atoms with E-state index in [2.05, 4.69) is 37.0 Å². The second kappa shape index (κ2) is 12.9. The Morgan fingerprint density at radius 3 is 2.57 bits per heavy atom. The summed E-state index contributed by atoms with van der Waals surface area (Å²) in [4.78, 5) is 17.5. The van der Waals surface area contributed by atoms with Crippen LogP contribution in [0.3, 0.4) is 0 Å². The van der Waals surface area contributed by atoms with Crippen molar-refractivity contribution in [3.63, 3.8) is 0 Å². The maximum atomic E-state index is 12.2. The summed E-state index contributed by atoms with van der Waals surface area (Å²) in [5.74, 6) is -0.141. The molecular weight excluding hydrogens is 350 g/mol. The number of oxime groups is 1. The summed E-state index contributed by atoms with van der Waals surface area (Å²) < 4.78 is 0. The Bertz CT molecular complexity index is 697. The SMILES string of the molecule is C=CO.[B]c1cc([B])cc(C2=NOC(C(=O)NCC/C=C(\CC)CCC)C2)c1. The Hall–Kier alpha value is -2.43. The summed E-state index contributed by atoms with van der Waals surface area (Å²) in [6.07, 6.45) is 6.96. The number of carbonyl (C=O) groups is 1. The summed E-state index contributed by atoms with van der Waals surface area (Å²) in [6, 6.07) is 5.24. The molecule has 0 aliphatic carbocycles. The molecule has 0 bridgehead atoms. The average molecular weight is 378 g/mol. The maximum absolute atomic E-state index is 12.2. The van der Waals surface area contributed by atoms with Crippen molar-refractivity contribution in [2.24, 2.45) is 5.16 Å². The fourth-order valence-electron chi connectivity index (χ4n) is 2.86. The van der Waals surface area contributed by atoms with Crippen LogP contribution >= 0.6 is 0 Å². The second-order valence-corrected chi connectivity index (χ2v) is 6.45.